The monoisotopic (exact) mass is 458 g/mol. The van der Waals surface area contributed by atoms with Gasteiger partial charge >= 0.3 is 0 Å². The second-order valence-electron chi connectivity index (χ2n) is 9.32. The van der Waals surface area contributed by atoms with Gasteiger partial charge in [-0.3, -0.25) is 0 Å². The first kappa shape index (κ1) is 21.2. The first-order valence-corrected chi connectivity index (χ1v) is 14.7. The van der Waals surface area contributed by atoms with E-state index in [-0.39, 0.29) is 0 Å². The van der Waals surface area contributed by atoms with Crippen molar-refractivity contribution in [1.82, 2.24) is 0 Å². The molecule has 2 aromatic carbocycles. The first-order chi connectivity index (χ1) is 14.9. The molecule has 0 radical (unpaired) electrons. The Morgan fingerprint density at radius 1 is 0.548 bits per heavy atom. The van der Waals surface area contributed by atoms with Crippen molar-refractivity contribution < 1.29 is 16.8 Å². The van der Waals surface area contributed by atoms with Crippen molar-refractivity contribution in [2.75, 3.05) is 0 Å². The molecule has 2 saturated carbocycles. The highest BCUT2D eigenvalue weighted by Crippen LogP contribution is 2.58. The van der Waals surface area contributed by atoms with Crippen molar-refractivity contribution in [3.8, 4) is 11.1 Å². The Kier molecular flexibility index (Phi) is 5.29. The molecule has 31 heavy (non-hydrogen) atoms. The van der Waals surface area contributed by atoms with Crippen LogP contribution in [0.1, 0.15) is 75.3 Å². The number of hydrogen-bond acceptors (Lipinski definition) is 4. The molecule has 5 rings (SSSR count). The molecule has 0 unspecified atom stereocenters. The summed E-state index contributed by atoms with van der Waals surface area (Å²) in [5.74, 6) is 0. The molecule has 0 saturated heterocycles. The van der Waals surface area contributed by atoms with Gasteiger partial charge in [-0.25, -0.2) is 16.8 Å². The molecule has 0 aliphatic heterocycles. The molecule has 0 bridgehead atoms. The highest BCUT2D eigenvalue weighted by Gasteiger charge is 2.65. The van der Waals surface area contributed by atoms with Crippen LogP contribution >= 0.6 is 0 Å². The lowest BCUT2D eigenvalue weighted by molar-refractivity contribution is 0.464. The van der Waals surface area contributed by atoms with Gasteiger partial charge in [0.25, 0.3) is 0 Å². The molecular weight excluding hydrogens is 428 g/mol. The molecule has 0 spiro atoms. The topological polar surface area (TPSA) is 68.3 Å². The molecule has 4 nitrogen and oxygen atoms in total. The maximum Gasteiger partial charge on any atom is 0.224 e. The van der Waals surface area contributed by atoms with Gasteiger partial charge < -0.3 is 0 Å². The second-order valence-corrected chi connectivity index (χ2v) is 14.3. The Morgan fingerprint density at radius 2 is 0.903 bits per heavy atom. The molecule has 0 atom stereocenters. The van der Waals surface area contributed by atoms with E-state index in [9.17, 15) is 16.8 Å². The standard InChI is InChI=1S/C25H30O4S2/c26-30(27,19-11-3-1-4-12-19)25(31(28,29)20-13-5-2-6-14-20)23-17-9-7-15-21(23)22-16-8-10-18-24(22)25/h7-10,15-20H,1-6,11-14H2. The summed E-state index contributed by atoms with van der Waals surface area (Å²) in [7, 11) is -8.09. The zero-order valence-corrected chi connectivity index (χ0v) is 19.4. The summed E-state index contributed by atoms with van der Waals surface area (Å²) in [6.07, 6.45) is 7.59. The Bertz CT molecular complexity index is 1090. The Labute approximate surface area is 185 Å². The molecule has 3 aliphatic rings. The lowest BCUT2D eigenvalue weighted by atomic mass is 10.0. The van der Waals surface area contributed by atoms with E-state index in [4.69, 9.17) is 0 Å². The van der Waals surface area contributed by atoms with Crippen LogP contribution in [0.5, 0.6) is 0 Å². The van der Waals surface area contributed by atoms with Crippen LogP contribution in [-0.4, -0.2) is 27.3 Å². The van der Waals surface area contributed by atoms with Crippen molar-refractivity contribution in [3.63, 3.8) is 0 Å². The quantitative estimate of drug-likeness (QED) is 0.618. The van der Waals surface area contributed by atoms with E-state index < -0.39 is 34.3 Å². The SMILES string of the molecule is O=S(=O)(C1CCCCC1)C1(S(=O)(=O)C2CCCCC2)c2ccccc2-c2ccccc21. The van der Waals surface area contributed by atoms with Gasteiger partial charge in [0.1, 0.15) is 0 Å². The lowest BCUT2D eigenvalue weighted by Crippen LogP contribution is -2.52. The fourth-order valence-electron chi connectivity index (χ4n) is 6.15. The highest BCUT2D eigenvalue weighted by molar-refractivity contribution is 8.10. The zero-order valence-electron chi connectivity index (χ0n) is 17.8. The third-order valence-corrected chi connectivity index (χ3v) is 14.2. The Hall–Kier alpha value is -1.66. The number of sulfone groups is 2. The van der Waals surface area contributed by atoms with Crippen LogP contribution in [0.4, 0.5) is 0 Å². The summed E-state index contributed by atoms with van der Waals surface area (Å²) < 4.78 is 56.2. The maximum atomic E-state index is 14.5. The Morgan fingerprint density at radius 3 is 1.29 bits per heavy atom. The van der Waals surface area contributed by atoms with E-state index in [1.807, 2.05) is 24.3 Å². The zero-order chi connectivity index (χ0) is 21.7. The van der Waals surface area contributed by atoms with E-state index in [2.05, 4.69) is 0 Å². The van der Waals surface area contributed by atoms with Gasteiger partial charge in [0.2, 0.25) is 4.08 Å². The van der Waals surface area contributed by atoms with Gasteiger partial charge in [-0.1, -0.05) is 87.1 Å². The van der Waals surface area contributed by atoms with E-state index in [1.54, 1.807) is 24.3 Å². The predicted molar refractivity (Wildman–Crippen MR) is 124 cm³/mol. The average Bonchev–Trinajstić information content (AvgIpc) is 3.13. The van der Waals surface area contributed by atoms with E-state index in [0.717, 1.165) is 49.7 Å². The Balaban J connectivity index is 1.85. The third-order valence-electron chi connectivity index (χ3n) is 7.64. The minimum atomic E-state index is -4.05. The fourth-order valence-corrected chi connectivity index (χ4v) is 13.0. The van der Waals surface area contributed by atoms with Crippen molar-refractivity contribution in [1.29, 1.82) is 0 Å². The van der Waals surface area contributed by atoms with Crippen LogP contribution in [0.25, 0.3) is 11.1 Å². The van der Waals surface area contributed by atoms with E-state index >= 15 is 0 Å². The van der Waals surface area contributed by atoms with Crippen LogP contribution in [-0.2, 0) is 23.8 Å². The smallest absolute Gasteiger partial charge is 0.224 e. The van der Waals surface area contributed by atoms with Gasteiger partial charge in [-0.05, 0) is 36.8 Å². The number of rotatable bonds is 4. The summed E-state index contributed by atoms with van der Waals surface area (Å²) in [5, 5.41) is -1.22. The summed E-state index contributed by atoms with van der Waals surface area (Å²) >= 11 is 0. The predicted octanol–water partition coefficient (Wildman–Crippen LogP) is 5.36. The average molecular weight is 459 g/mol. The molecule has 3 aliphatic carbocycles. The third kappa shape index (κ3) is 2.90. The molecule has 0 amide bonds. The summed E-state index contributed by atoms with van der Waals surface area (Å²) in [4.78, 5) is 0. The van der Waals surface area contributed by atoms with Crippen LogP contribution in [0.15, 0.2) is 48.5 Å². The normalized spacial score (nSPS) is 22.1. The van der Waals surface area contributed by atoms with E-state index in [1.165, 1.54) is 0 Å². The molecule has 6 heteroatoms. The fraction of sp³-hybridized carbons (Fsp3) is 0.520. The van der Waals surface area contributed by atoms with Crippen molar-refractivity contribution in [3.05, 3.63) is 59.7 Å². The van der Waals surface area contributed by atoms with Gasteiger partial charge in [0, 0.05) is 11.1 Å². The largest absolute Gasteiger partial charge is 0.226 e. The highest BCUT2D eigenvalue weighted by atomic mass is 32.3. The molecular formula is C25H30O4S2. The number of fused-ring (bicyclic) bond motifs is 3. The van der Waals surface area contributed by atoms with Crippen LogP contribution < -0.4 is 0 Å². The van der Waals surface area contributed by atoms with Gasteiger partial charge in [0.05, 0.1) is 10.5 Å². The summed E-state index contributed by atoms with van der Waals surface area (Å²) in [6.45, 7) is 0. The summed E-state index contributed by atoms with van der Waals surface area (Å²) in [5.41, 5.74) is 2.40. The van der Waals surface area contributed by atoms with Crippen molar-refractivity contribution in [2.45, 2.75) is 78.8 Å². The minimum absolute atomic E-state index is 0.451. The minimum Gasteiger partial charge on any atom is -0.226 e. The van der Waals surface area contributed by atoms with Crippen LogP contribution in [0, 0.1) is 0 Å². The molecule has 2 aromatic rings. The second kappa shape index (κ2) is 7.73. The van der Waals surface area contributed by atoms with Crippen LogP contribution in [0.3, 0.4) is 0 Å². The van der Waals surface area contributed by atoms with E-state index in [0.29, 0.717) is 36.8 Å². The van der Waals surface area contributed by atoms with Gasteiger partial charge in [-0.15, -0.1) is 0 Å². The molecule has 166 valence electrons. The molecule has 2 fully saturated rings. The summed E-state index contributed by atoms with van der Waals surface area (Å²) in [6, 6.07) is 14.5. The van der Waals surface area contributed by atoms with Gasteiger partial charge in [-0.2, -0.15) is 0 Å². The first-order valence-electron chi connectivity index (χ1n) is 11.6. The van der Waals surface area contributed by atoms with Gasteiger partial charge in [0.15, 0.2) is 19.7 Å². The lowest BCUT2D eigenvalue weighted by Gasteiger charge is -2.39. The molecule has 0 heterocycles. The van der Waals surface area contributed by atoms with Crippen molar-refractivity contribution in [2.24, 2.45) is 0 Å². The molecule has 0 aromatic heterocycles. The number of hydrogen-bond donors (Lipinski definition) is 0. The molecule has 0 N–H and O–H groups in total. The maximum absolute atomic E-state index is 14.5. The van der Waals surface area contributed by atoms with Crippen LogP contribution in [0.2, 0.25) is 0 Å². The number of benzene rings is 2. The van der Waals surface area contributed by atoms with Crippen molar-refractivity contribution >= 4 is 19.7 Å².